The van der Waals surface area contributed by atoms with Crippen LogP contribution >= 0.6 is 11.6 Å². The van der Waals surface area contributed by atoms with Gasteiger partial charge in [-0.3, -0.25) is 9.78 Å². The van der Waals surface area contributed by atoms with Crippen LogP contribution in [0.15, 0.2) is 42.7 Å². The summed E-state index contributed by atoms with van der Waals surface area (Å²) in [5, 5.41) is 0.0643. The lowest BCUT2D eigenvalue weighted by molar-refractivity contribution is -0.136. The number of amides is 1. The molecular formula is C18H18ClFN2O2. The van der Waals surface area contributed by atoms with Crippen molar-refractivity contribution in [2.24, 2.45) is 5.92 Å². The summed E-state index contributed by atoms with van der Waals surface area (Å²) in [5.74, 6) is -0.830. The van der Waals surface area contributed by atoms with Gasteiger partial charge in [0.2, 0.25) is 5.91 Å². The lowest BCUT2D eigenvalue weighted by Gasteiger charge is -2.24. The number of hydrogen-bond acceptors (Lipinski definition) is 3. The van der Waals surface area contributed by atoms with Gasteiger partial charge in [0, 0.05) is 32.6 Å². The minimum atomic E-state index is -0.499. The Morgan fingerprint density at radius 1 is 1.38 bits per heavy atom. The quantitative estimate of drug-likeness (QED) is 0.847. The molecule has 0 bridgehead atoms. The molecule has 2 atom stereocenters. The number of pyridine rings is 1. The van der Waals surface area contributed by atoms with Crippen molar-refractivity contribution in [3.8, 4) is 0 Å². The number of nitrogens with zero attached hydrogens (tertiary/aromatic N) is 2. The van der Waals surface area contributed by atoms with Crippen LogP contribution in [0.5, 0.6) is 0 Å². The highest BCUT2D eigenvalue weighted by molar-refractivity contribution is 6.30. The second-order valence-corrected chi connectivity index (χ2v) is 6.32. The Kier molecular flexibility index (Phi) is 5.11. The average molecular weight is 349 g/mol. The number of aromatic nitrogens is 1. The van der Waals surface area contributed by atoms with E-state index in [1.807, 2.05) is 12.1 Å². The summed E-state index contributed by atoms with van der Waals surface area (Å²) in [6, 6.07) is 8.31. The molecule has 1 aliphatic heterocycles. The molecule has 0 spiro atoms. The lowest BCUT2D eigenvalue weighted by Crippen LogP contribution is -2.34. The van der Waals surface area contributed by atoms with E-state index in [1.165, 1.54) is 12.1 Å². The van der Waals surface area contributed by atoms with Crippen LogP contribution in [0, 0.1) is 11.7 Å². The number of halogens is 2. The van der Waals surface area contributed by atoms with E-state index in [1.54, 1.807) is 30.4 Å². The standard InChI is InChI=1S/C18H18ClFN2O2/c1-22(11-12-4-7-21-8-5-12)18(23)14-6-9-24-17(14)13-2-3-15(19)16(20)10-13/h2-5,7-8,10,14,17H,6,9,11H2,1H3/t14-,17+/m1/s1. The largest absolute Gasteiger partial charge is 0.373 e. The fourth-order valence-electron chi connectivity index (χ4n) is 2.98. The van der Waals surface area contributed by atoms with E-state index >= 15 is 0 Å². The fourth-order valence-corrected chi connectivity index (χ4v) is 3.10. The summed E-state index contributed by atoms with van der Waals surface area (Å²) in [6.07, 6.45) is 3.58. The van der Waals surface area contributed by atoms with Crippen LogP contribution in [0.4, 0.5) is 4.39 Å². The molecular weight excluding hydrogens is 331 g/mol. The molecule has 6 heteroatoms. The topological polar surface area (TPSA) is 42.4 Å². The van der Waals surface area contributed by atoms with Gasteiger partial charge in [-0.15, -0.1) is 0 Å². The van der Waals surface area contributed by atoms with Crippen molar-refractivity contribution in [1.82, 2.24) is 9.88 Å². The van der Waals surface area contributed by atoms with Crippen molar-refractivity contribution in [3.63, 3.8) is 0 Å². The van der Waals surface area contributed by atoms with Gasteiger partial charge < -0.3 is 9.64 Å². The molecule has 24 heavy (non-hydrogen) atoms. The summed E-state index contributed by atoms with van der Waals surface area (Å²) in [7, 11) is 1.76. The molecule has 1 aromatic heterocycles. The van der Waals surface area contributed by atoms with Crippen LogP contribution in [0.3, 0.4) is 0 Å². The summed E-state index contributed by atoms with van der Waals surface area (Å²) in [6.45, 7) is 0.980. The first-order valence-electron chi connectivity index (χ1n) is 7.76. The van der Waals surface area contributed by atoms with Crippen LogP contribution in [0.2, 0.25) is 5.02 Å². The number of rotatable bonds is 4. The Bertz CT molecular complexity index is 726. The number of benzene rings is 1. The Balaban J connectivity index is 1.74. The van der Waals surface area contributed by atoms with Crippen LogP contribution in [-0.2, 0) is 16.1 Å². The molecule has 0 saturated carbocycles. The fraction of sp³-hybridized carbons (Fsp3) is 0.333. The molecule has 4 nitrogen and oxygen atoms in total. The third-order valence-electron chi connectivity index (χ3n) is 4.23. The van der Waals surface area contributed by atoms with E-state index in [2.05, 4.69) is 4.98 Å². The molecule has 0 radical (unpaired) electrons. The summed E-state index contributed by atoms with van der Waals surface area (Å²) >= 11 is 5.73. The van der Waals surface area contributed by atoms with E-state index in [0.29, 0.717) is 25.1 Å². The van der Waals surface area contributed by atoms with Crippen LogP contribution in [-0.4, -0.2) is 29.4 Å². The van der Waals surface area contributed by atoms with E-state index in [-0.39, 0.29) is 16.8 Å². The second-order valence-electron chi connectivity index (χ2n) is 5.91. The van der Waals surface area contributed by atoms with Gasteiger partial charge in [-0.25, -0.2) is 4.39 Å². The Hall–Kier alpha value is -1.98. The number of ether oxygens (including phenoxy) is 1. The van der Waals surface area contributed by atoms with E-state index in [0.717, 1.165) is 5.56 Å². The first kappa shape index (κ1) is 16.9. The first-order chi connectivity index (χ1) is 11.6. The Morgan fingerprint density at radius 3 is 2.83 bits per heavy atom. The maximum atomic E-state index is 13.7. The van der Waals surface area contributed by atoms with Crippen molar-refractivity contribution in [1.29, 1.82) is 0 Å². The Morgan fingerprint density at radius 2 is 2.12 bits per heavy atom. The molecule has 0 unspecified atom stereocenters. The molecule has 1 aliphatic rings. The zero-order valence-electron chi connectivity index (χ0n) is 13.3. The summed E-state index contributed by atoms with van der Waals surface area (Å²) in [5.41, 5.74) is 1.65. The zero-order chi connectivity index (χ0) is 17.1. The molecule has 1 fully saturated rings. The number of carbonyl (C=O) groups excluding carboxylic acids is 1. The minimum Gasteiger partial charge on any atom is -0.373 e. The monoisotopic (exact) mass is 348 g/mol. The third-order valence-corrected chi connectivity index (χ3v) is 4.53. The van der Waals surface area contributed by atoms with Gasteiger partial charge in [-0.1, -0.05) is 17.7 Å². The second kappa shape index (κ2) is 7.28. The molecule has 0 N–H and O–H groups in total. The predicted octanol–water partition coefficient (Wildman–Crippen LogP) is 3.61. The van der Waals surface area contributed by atoms with Gasteiger partial charge in [-0.2, -0.15) is 0 Å². The van der Waals surface area contributed by atoms with Gasteiger partial charge in [0.25, 0.3) is 0 Å². The molecule has 126 valence electrons. The first-order valence-corrected chi connectivity index (χ1v) is 8.14. The molecule has 2 heterocycles. The average Bonchev–Trinajstić information content (AvgIpc) is 3.07. The van der Waals surface area contributed by atoms with Gasteiger partial charge in [-0.05, 0) is 41.8 Å². The molecule has 1 saturated heterocycles. The highest BCUT2D eigenvalue weighted by atomic mass is 35.5. The predicted molar refractivity (Wildman–Crippen MR) is 88.9 cm³/mol. The normalized spacial score (nSPS) is 20.1. The van der Waals surface area contributed by atoms with Crippen molar-refractivity contribution < 1.29 is 13.9 Å². The Labute approximate surface area is 145 Å². The van der Waals surface area contributed by atoms with Crippen LogP contribution in [0.1, 0.15) is 23.7 Å². The van der Waals surface area contributed by atoms with Crippen molar-refractivity contribution >= 4 is 17.5 Å². The van der Waals surface area contributed by atoms with Crippen LogP contribution in [0.25, 0.3) is 0 Å². The van der Waals surface area contributed by atoms with Gasteiger partial charge in [0.1, 0.15) is 5.82 Å². The van der Waals surface area contributed by atoms with Crippen LogP contribution < -0.4 is 0 Å². The maximum Gasteiger partial charge on any atom is 0.228 e. The zero-order valence-corrected chi connectivity index (χ0v) is 14.0. The van der Waals surface area contributed by atoms with E-state index in [4.69, 9.17) is 16.3 Å². The van der Waals surface area contributed by atoms with Crippen molar-refractivity contribution in [2.75, 3.05) is 13.7 Å². The van der Waals surface area contributed by atoms with Crippen molar-refractivity contribution in [2.45, 2.75) is 19.1 Å². The third kappa shape index (κ3) is 3.57. The smallest absolute Gasteiger partial charge is 0.228 e. The highest BCUT2D eigenvalue weighted by Gasteiger charge is 2.37. The van der Waals surface area contributed by atoms with Gasteiger partial charge in [0.15, 0.2) is 0 Å². The van der Waals surface area contributed by atoms with Gasteiger partial charge >= 0.3 is 0 Å². The van der Waals surface area contributed by atoms with E-state index < -0.39 is 11.9 Å². The number of hydrogen-bond donors (Lipinski definition) is 0. The summed E-state index contributed by atoms with van der Waals surface area (Å²) < 4.78 is 19.4. The van der Waals surface area contributed by atoms with E-state index in [9.17, 15) is 9.18 Å². The molecule has 0 aliphatic carbocycles. The SMILES string of the molecule is CN(Cc1ccncc1)C(=O)[C@@H]1CCO[C@H]1c1ccc(Cl)c(F)c1. The molecule has 3 rings (SSSR count). The molecule has 1 amide bonds. The minimum absolute atomic E-state index is 0.00956. The van der Waals surface area contributed by atoms with Crippen molar-refractivity contribution in [3.05, 3.63) is 64.7 Å². The molecule has 1 aromatic carbocycles. The highest BCUT2D eigenvalue weighted by Crippen LogP contribution is 2.36. The maximum absolute atomic E-state index is 13.7. The lowest BCUT2D eigenvalue weighted by atomic mass is 9.94. The molecule has 2 aromatic rings. The van der Waals surface area contributed by atoms with Gasteiger partial charge in [0.05, 0.1) is 17.0 Å². The summed E-state index contributed by atoms with van der Waals surface area (Å²) in [4.78, 5) is 18.4. The number of carbonyl (C=O) groups is 1.